The highest BCUT2D eigenvalue weighted by Crippen LogP contribution is 2.35. The van der Waals surface area contributed by atoms with Crippen molar-refractivity contribution >= 4 is 17.5 Å². The first-order chi connectivity index (χ1) is 9.25. The van der Waals surface area contributed by atoms with Gasteiger partial charge in [0.25, 0.3) is 5.91 Å². The number of hydrogen-bond donors (Lipinski definition) is 0. The van der Waals surface area contributed by atoms with Crippen molar-refractivity contribution in [1.82, 2.24) is 4.90 Å². The molecule has 1 heterocycles. The Labute approximate surface area is 119 Å². The lowest BCUT2D eigenvalue weighted by atomic mass is 9.78. The number of amides is 1. The normalized spacial score (nSPS) is 26.9. The molecule has 0 aromatic heterocycles. The molecule has 1 aromatic rings. The molecule has 1 aliphatic carbocycles. The molecule has 0 radical (unpaired) electrons. The number of piperidine rings is 1. The minimum atomic E-state index is 0.188. The van der Waals surface area contributed by atoms with Gasteiger partial charge in [-0.05, 0) is 55.9 Å². The number of rotatable bonds is 1. The fraction of sp³-hybridized carbons (Fsp3) is 0.562. The lowest BCUT2D eigenvalue weighted by Crippen LogP contribution is -2.49. The molecule has 3 heteroatoms. The van der Waals surface area contributed by atoms with Crippen molar-refractivity contribution < 1.29 is 4.79 Å². The highest BCUT2D eigenvalue weighted by Gasteiger charge is 2.35. The third kappa shape index (κ3) is 2.64. The Morgan fingerprint density at radius 2 is 1.74 bits per heavy atom. The van der Waals surface area contributed by atoms with E-state index in [4.69, 9.17) is 11.6 Å². The van der Waals surface area contributed by atoms with Crippen LogP contribution in [0, 0.1) is 5.92 Å². The van der Waals surface area contributed by atoms with Gasteiger partial charge in [0.05, 0.1) is 0 Å². The van der Waals surface area contributed by atoms with Gasteiger partial charge in [-0.1, -0.05) is 24.4 Å². The van der Waals surface area contributed by atoms with Gasteiger partial charge in [-0.3, -0.25) is 4.79 Å². The standard InChI is InChI=1S/C16H20ClNO/c17-14-9-7-13(8-10-14)16(19)18-11-3-5-12-4-1-2-6-15(12)18/h7-10,12,15H,1-6,11H2/t12-,15+/m0/s1. The smallest absolute Gasteiger partial charge is 0.254 e. The van der Waals surface area contributed by atoms with E-state index in [0.29, 0.717) is 11.1 Å². The van der Waals surface area contributed by atoms with Gasteiger partial charge in [-0.25, -0.2) is 0 Å². The topological polar surface area (TPSA) is 20.3 Å². The second-order valence-electron chi connectivity index (χ2n) is 5.76. The van der Waals surface area contributed by atoms with E-state index in [1.807, 2.05) is 12.1 Å². The molecule has 1 amide bonds. The summed E-state index contributed by atoms with van der Waals surface area (Å²) in [6.45, 7) is 0.919. The zero-order chi connectivity index (χ0) is 13.2. The van der Waals surface area contributed by atoms with Crippen LogP contribution in [0.1, 0.15) is 48.9 Å². The Hall–Kier alpha value is -1.02. The highest BCUT2D eigenvalue weighted by molar-refractivity contribution is 6.30. The minimum absolute atomic E-state index is 0.188. The molecule has 3 rings (SSSR count). The van der Waals surface area contributed by atoms with Crippen LogP contribution in [-0.2, 0) is 0 Å². The molecule has 2 fully saturated rings. The number of fused-ring (bicyclic) bond motifs is 1. The third-order valence-electron chi connectivity index (χ3n) is 4.60. The molecule has 0 unspecified atom stereocenters. The molecule has 2 atom stereocenters. The Kier molecular flexibility index (Phi) is 3.79. The molecular weight excluding hydrogens is 258 g/mol. The molecule has 2 nitrogen and oxygen atoms in total. The maximum absolute atomic E-state index is 12.6. The average Bonchev–Trinajstić information content (AvgIpc) is 2.47. The molecule has 1 aromatic carbocycles. The SMILES string of the molecule is O=C(c1ccc(Cl)cc1)N1CCC[C@@H]2CCCC[C@H]21. The zero-order valence-electron chi connectivity index (χ0n) is 11.1. The molecular formula is C16H20ClNO. The van der Waals surface area contributed by atoms with Crippen molar-refractivity contribution in [1.29, 1.82) is 0 Å². The van der Waals surface area contributed by atoms with Crippen molar-refractivity contribution in [3.8, 4) is 0 Å². The van der Waals surface area contributed by atoms with E-state index in [2.05, 4.69) is 4.90 Å². The maximum Gasteiger partial charge on any atom is 0.254 e. The lowest BCUT2D eigenvalue weighted by Gasteiger charge is -2.44. The van der Waals surface area contributed by atoms with E-state index in [-0.39, 0.29) is 5.91 Å². The van der Waals surface area contributed by atoms with E-state index in [0.717, 1.165) is 24.4 Å². The predicted molar refractivity (Wildman–Crippen MR) is 77.5 cm³/mol. The van der Waals surface area contributed by atoms with Crippen LogP contribution in [0.15, 0.2) is 24.3 Å². The summed E-state index contributed by atoms with van der Waals surface area (Å²) in [5.41, 5.74) is 0.774. The molecule has 0 N–H and O–H groups in total. The van der Waals surface area contributed by atoms with Gasteiger partial charge < -0.3 is 4.90 Å². The maximum atomic E-state index is 12.6. The van der Waals surface area contributed by atoms with Crippen molar-refractivity contribution in [2.45, 2.75) is 44.6 Å². The second kappa shape index (κ2) is 5.54. The fourth-order valence-corrected chi connectivity index (χ4v) is 3.76. The monoisotopic (exact) mass is 277 g/mol. The van der Waals surface area contributed by atoms with Gasteiger partial charge in [-0.15, -0.1) is 0 Å². The number of benzene rings is 1. The first kappa shape index (κ1) is 13.0. The third-order valence-corrected chi connectivity index (χ3v) is 4.85. The summed E-state index contributed by atoms with van der Waals surface area (Å²) in [5, 5.41) is 0.686. The Balaban J connectivity index is 1.79. The van der Waals surface area contributed by atoms with Crippen LogP contribution < -0.4 is 0 Å². The molecule has 1 saturated carbocycles. The first-order valence-electron chi connectivity index (χ1n) is 7.32. The molecule has 102 valence electrons. The summed E-state index contributed by atoms with van der Waals surface area (Å²) in [4.78, 5) is 14.8. The number of hydrogen-bond acceptors (Lipinski definition) is 1. The van der Waals surface area contributed by atoms with Gasteiger partial charge in [-0.2, -0.15) is 0 Å². The van der Waals surface area contributed by atoms with Crippen LogP contribution in [0.3, 0.4) is 0 Å². The van der Waals surface area contributed by atoms with E-state index in [9.17, 15) is 4.79 Å². The minimum Gasteiger partial charge on any atom is -0.335 e. The number of likely N-dealkylation sites (tertiary alicyclic amines) is 1. The van der Waals surface area contributed by atoms with Crippen molar-refractivity contribution in [2.24, 2.45) is 5.92 Å². The summed E-state index contributed by atoms with van der Waals surface area (Å²) in [7, 11) is 0. The summed E-state index contributed by atoms with van der Waals surface area (Å²) in [5.74, 6) is 0.923. The number of carbonyl (C=O) groups is 1. The Morgan fingerprint density at radius 1 is 1.05 bits per heavy atom. The predicted octanol–water partition coefficient (Wildman–Crippen LogP) is 4.13. The van der Waals surface area contributed by atoms with Crippen molar-refractivity contribution in [3.05, 3.63) is 34.9 Å². The van der Waals surface area contributed by atoms with Crippen LogP contribution in [0.5, 0.6) is 0 Å². The zero-order valence-corrected chi connectivity index (χ0v) is 11.9. The molecule has 19 heavy (non-hydrogen) atoms. The first-order valence-corrected chi connectivity index (χ1v) is 7.70. The van der Waals surface area contributed by atoms with Gasteiger partial charge in [0.1, 0.15) is 0 Å². The number of nitrogens with zero attached hydrogens (tertiary/aromatic N) is 1. The van der Waals surface area contributed by atoms with Gasteiger partial charge in [0.15, 0.2) is 0 Å². The van der Waals surface area contributed by atoms with Crippen LogP contribution in [0.4, 0.5) is 0 Å². The van der Waals surface area contributed by atoms with Crippen LogP contribution in [0.2, 0.25) is 5.02 Å². The van der Waals surface area contributed by atoms with Crippen LogP contribution >= 0.6 is 11.6 Å². The molecule has 1 aliphatic heterocycles. The second-order valence-corrected chi connectivity index (χ2v) is 6.20. The number of carbonyl (C=O) groups excluding carboxylic acids is 1. The summed E-state index contributed by atoms with van der Waals surface area (Å²) < 4.78 is 0. The fourth-order valence-electron chi connectivity index (χ4n) is 3.64. The molecule has 1 saturated heterocycles. The molecule has 2 aliphatic rings. The average molecular weight is 278 g/mol. The van der Waals surface area contributed by atoms with Gasteiger partial charge >= 0.3 is 0 Å². The van der Waals surface area contributed by atoms with Gasteiger partial charge in [0.2, 0.25) is 0 Å². The largest absolute Gasteiger partial charge is 0.335 e. The van der Waals surface area contributed by atoms with Crippen molar-refractivity contribution in [3.63, 3.8) is 0 Å². The summed E-state index contributed by atoms with van der Waals surface area (Å²) in [6, 6.07) is 7.77. The Bertz CT molecular complexity index is 454. The van der Waals surface area contributed by atoms with Crippen LogP contribution in [0.25, 0.3) is 0 Å². The molecule has 0 spiro atoms. The van der Waals surface area contributed by atoms with E-state index >= 15 is 0 Å². The summed E-state index contributed by atoms with van der Waals surface area (Å²) >= 11 is 5.89. The van der Waals surface area contributed by atoms with Gasteiger partial charge in [0, 0.05) is 23.2 Å². The van der Waals surface area contributed by atoms with E-state index < -0.39 is 0 Å². The number of halogens is 1. The van der Waals surface area contributed by atoms with E-state index in [1.165, 1.54) is 32.1 Å². The van der Waals surface area contributed by atoms with Crippen LogP contribution in [-0.4, -0.2) is 23.4 Å². The quantitative estimate of drug-likeness (QED) is 0.756. The van der Waals surface area contributed by atoms with E-state index in [1.54, 1.807) is 12.1 Å². The van der Waals surface area contributed by atoms with Crippen molar-refractivity contribution in [2.75, 3.05) is 6.54 Å². The molecule has 0 bridgehead atoms. The highest BCUT2D eigenvalue weighted by atomic mass is 35.5. The lowest BCUT2D eigenvalue weighted by molar-refractivity contribution is 0.0390. The summed E-state index contributed by atoms with van der Waals surface area (Å²) in [6.07, 6.45) is 7.55. The Morgan fingerprint density at radius 3 is 2.53 bits per heavy atom.